The van der Waals surface area contributed by atoms with Crippen LogP contribution >= 0.6 is 15.9 Å². The number of carboxylic acids is 1. The van der Waals surface area contributed by atoms with Gasteiger partial charge in [0.2, 0.25) is 5.91 Å². The van der Waals surface area contributed by atoms with E-state index in [0.29, 0.717) is 25.0 Å². The third-order valence-electron chi connectivity index (χ3n) is 5.76. The van der Waals surface area contributed by atoms with Crippen molar-refractivity contribution in [1.82, 2.24) is 0 Å². The van der Waals surface area contributed by atoms with E-state index in [0.717, 1.165) is 21.8 Å². The van der Waals surface area contributed by atoms with Crippen molar-refractivity contribution in [3.63, 3.8) is 0 Å². The molecule has 0 saturated heterocycles. The first-order valence-corrected chi connectivity index (χ1v) is 10.7. The van der Waals surface area contributed by atoms with Gasteiger partial charge in [-0.1, -0.05) is 12.5 Å². The Labute approximate surface area is 190 Å². The van der Waals surface area contributed by atoms with Gasteiger partial charge >= 0.3 is 12.1 Å². The Morgan fingerprint density at radius 1 is 1.09 bits per heavy atom. The Balaban J connectivity index is 1.85. The molecule has 0 radical (unpaired) electrons. The van der Waals surface area contributed by atoms with Gasteiger partial charge in [-0.05, 0) is 70.6 Å². The molecule has 0 aliphatic heterocycles. The maximum absolute atomic E-state index is 14.2. The highest BCUT2D eigenvalue weighted by Gasteiger charge is 2.43. The summed E-state index contributed by atoms with van der Waals surface area (Å²) in [5, 5.41) is 15.2. The van der Waals surface area contributed by atoms with Gasteiger partial charge in [0.15, 0.2) is 0 Å². The number of carbonyl (C=O) groups is 2. The van der Waals surface area contributed by atoms with E-state index in [4.69, 9.17) is 0 Å². The van der Waals surface area contributed by atoms with Crippen LogP contribution in [0.15, 0.2) is 40.9 Å². The molecule has 0 bridgehead atoms. The fourth-order valence-electron chi connectivity index (χ4n) is 4.19. The summed E-state index contributed by atoms with van der Waals surface area (Å²) in [6.07, 6.45) is -3.31. The molecule has 3 atom stereocenters. The van der Waals surface area contributed by atoms with Crippen LogP contribution in [-0.4, -0.2) is 24.0 Å². The predicted octanol–water partition coefficient (Wildman–Crippen LogP) is 5.87. The topological polar surface area (TPSA) is 78.4 Å². The van der Waals surface area contributed by atoms with Gasteiger partial charge < -0.3 is 15.7 Å². The molecule has 1 aliphatic rings. The summed E-state index contributed by atoms with van der Waals surface area (Å²) >= 11 is 3.44. The number of hydrogen-bond donors (Lipinski definition) is 3. The standard InChI is InChI=1S/C22H21BrF4N2O3/c1-28-17-7-5-11(9-15(17)23)13-3-2-4-14(19(13)21(31)32)20(30)29-18-8-6-12(10-16(18)24)22(25,26)27/h5-10,13-14,19,28H,2-4H2,1H3,(H,29,30)(H,31,32)/t13-,14-,19-/m1/s1. The summed E-state index contributed by atoms with van der Waals surface area (Å²) in [6.45, 7) is 0. The fourth-order valence-corrected chi connectivity index (χ4v) is 4.79. The van der Waals surface area contributed by atoms with Crippen molar-refractivity contribution in [2.24, 2.45) is 11.8 Å². The number of halogens is 5. The Morgan fingerprint density at radius 3 is 2.34 bits per heavy atom. The molecule has 1 amide bonds. The van der Waals surface area contributed by atoms with Crippen molar-refractivity contribution in [3.8, 4) is 0 Å². The Morgan fingerprint density at radius 2 is 1.78 bits per heavy atom. The molecule has 172 valence electrons. The number of carboxylic acid groups (broad SMARTS) is 1. The maximum Gasteiger partial charge on any atom is 0.416 e. The van der Waals surface area contributed by atoms with Crippen molar-refractivity contribution < 1.29 is 32.3 Å². The Hall–Kier alpha value is -2.62. The van der Waals surface area contributed by atoms with Crippen LogP contribution < -0.4 is 10.6 Å². The van der Waals surface area contributed by atoms with Gasteiger partial charge in [0.1, 0.15) is 5.82 Å². The molecular formula is C22H21BrF4N2O3. The van der Waals surface area contributed by atoms with E-state index in [1.165, 1.54) is 0 Å². The molecule has 0 unspecified atom stereocenters. The minimum Gasteiger partial charge on any atom is -0.481 e. The first-order chi connectivity index (χ1) is 15.0. The average Bonchev–Trinajstić information content (AvgIpc) is 2.73. The molecule has 2 aromatic rings. The van der Waals surface area contributed by atoms with Crippen LogP contribution in [0.5, 0.6) is 0 Å². The fraction of sp³-hybridized carbons (Fsp3) is 0.364. The summed E-state index contributed by atoms with van der Waals surface area (Å²) < 4.78 is 53.2. The zero-order valence-electron chi connectivity index (χ0n) is 17.0. The summed E-state index contributed by atoms with van der Waals surface area (Å²) in [4.78, 5) is 25.0. The van der Waals surface area contributed by atoms with Crippen LogP contribution in [0, 0.1) is 17.7 Å². The van der Waals surface area contributed by atoms with E-state index in [2.05, 4.69) is 26.6 Å². The van der Waals surface area contributed by atoms with Crippen LogP contribution in [0.4, 0.5) is 28.9 Å². The normalized spacial score (nSPS) is 21.1. The third-order valence-corrected chi connectivity index (χ3v) is 6.42. The molecule has 0 aromatic heterocycles. The van der Waals surface area contributed by atoms with Gasteiger partial charge in [0, 0.05) is 17.2 Å². The highest BCUT2D eigenvalue weighted by Crippen LogP contribution is 2.43. The second-order valence-electron chi connectivity index (χ2n) is 7.68. The van der Waals surface area contributed by atoms with Gasteiger partial charge in [0.25, 0.3) is 0 Å². The lowest BCUT2D eigenvalue weighted by Crippen LogP contribution is -2.40. The number of alkyl halides is 3. The van der Waals surface area contributed by atoms with Crippen molar-refractivity contribution in [2.45, 2.75) is 31.4 Å². The first-order valence-electron chi connectivity index (χ1n) is 9.90. The second kappa shape index (κ2) is 9.48. The molecule has 0 spiro atoms. The van der Waals surface area contributed by atoms with E-state index in [1.54, 1.807) is 19.2 Å². The highest BCUT2D eigenvalue weighted by atomic mass is 79.9. The quantitative estimate of drug-likeness (QED) is 0.434. The van der Waals surface area contributed by atoms with Crippen LogP contribution in [0.3, 0.4) is 0 Å². The number of hydrogen-bond acceptors (Lipinski definition) is 3. The van der Waals surface area contributed by atoms with Crippen LogP contribution in [0.25, 0.3) is 0 Å². The number of aliphatic carboxylic acids is 1. The SMILES string of the molecule is CNc1ccc([C@H]2CCC[C@@H](C(=O)Nc3ccc(C(F)(F)F)cc3F)[C@@H]2C(=O)O)cc1Br. The monoisotopic (exact) mass is 516 g/mol. The van der Waals surface area contributed by atoms with Gasteiger partial charge in [-0.25, -0.2) is 4.39 Å². The van der Waals surface area contributed by atoms with Gasteiger partial charge in [-0.15, -0.1) is 0 Å². The zero-order valence-corrected chi connectivity index (χ0v) is 18.6. The molecule has 32 heavy (non-hydrogen) atoms. The highest BCUT2D eigenvalue weighted by molar-refractivity contribution is 9.10. The van der Waals surface area contributed by atoms with Crippen molar-refractivity contribution in [3.05, 3.63) is 57.8 Å². The first kappa shape index (κ1) is 24.0. The van der Waals surface area contributed by atoms with Crippen LogP contribution in [-0.2, 0) is 15.8 Å². The number of amides is 1. The van der Waals surface area contributed by atoms with Crippen LogP contribution in [0.2, 0.25) is 0 Å². The molecule has 3 N–H and O–H groups in total. The molecule has 1 aliphatic carbocycles. The van der Waals surface area contributed by atoms with Crippen molar-refractivity contribution in [1.29, 1.82) is 0 Å². The summed E-state index contributed by atoms with van der Waals surface area (Å²) in [7, 11) is 1.75. The second-order valence-corrected chi connectivity index (χ2v) is 8.53. The van der Waals surface area contributed by atoms with E-state index >= 15 is 0 Å². The lowest BCUT2D eigenvalue weighted by molar-refractivity contribution is -0.148. The van der Waals surface area contributed by atoms with E-state index in [-0.39, 0.29) is 6.42 Å². The van der Waals surface area contributed by atoms with E-state index in [9.17, 15) is 32.3 Å². The van der Waals surface area contributed by atoms with E-state index < -0.39 is 52.9 Å². The lowest BCUT2D eigenvalue weighted by atomic mass is 9.69. The molecule has 1 fully saturated rings. The average molecular weight is 517 g/mol. The summed E-state index contributed by atoms with van der Waals surface area (Å²) in [5.41, 5.74) is -0.0230. The van der Waals surface area contributed by atoms with Crippen LogP contribution in [0.1, 0.15) is 36.3 Å². The van der Waals surface area contributed by atoms with Gasteiger partial charge in [-0.3, -0.25) is 9.59 Å². The third kappa shape index (κ3) is 5.06. The Kier molecular flexibility index (Phi) is 7.12. The Bertz CT molecular complexity index is 1030. The molecule has 10 heteroatoms. The molecular weight excluding hydrogens is 496 g/mol. The number of nitrogens with one attached hydrogen (secondary N) is 2. The number of rotatable bonds is 5. The van der Waals surface area contributed by atoms with Gasteiger partial charge in [0.05, 0.1) is 23.1 Å². The van der Waals surface area contributed by atoms with Crippen molar-refractivity contribution in [2.75, 3.05) is 17.7 Å². The minimum absolute atomic E-state index is 0.275. The molecule has 1 saturated carbocycles. The number of carbonyl (C=O) groups excluding carboxylic acids is 1. The number of benzene rings is 2. The van der Waals surface area contributed by atoms with Crippen molar-refractivity contribution >= 4 is 39.2 Å². The maximum atomic E-state index is 14.2. The van der Waals surface area contributed by atoms with Gasteiger partial charge in [-0.2, -0.15) is 13.2 Å². The predicted molar refractivity (Wildman–Crippen MR) is 115 cm³/mol. The molecule has 3 rings (SSSR count). The minimum atomic E-state index is -4.72. The number of anilines is 2. The molecule has 0 heterocycles. The summed E-state index contributed by atoms with van der Waals surface area (Å²) in [5.74, 6) is -5.59. The lowest BCUT2D eigenvalue weighted by Gasteiger charge is -2.35. The summed E-state index contributed by atoms with van der Waals surface area (Å²) in [6, 6.07) is 7.21. The smallest absolute Gasteiger partial charge is 0.416 e. The molecule has 5 nitrogen and oxygen atoms in total. The zero-order chi connectivity index (χ0) is 23.6. The largest absolute Gasteiger partial charge is 0.481 e. The molecule has 2 aromatic carbocycles. The van der Waals surface area contributed by atoms with E-state index in [1.807, 2.05) is 6.07 Å².